The number of anilines is 4. The summed E-state index contributed by atoms with van der Waals surface area (Å²) in [7, 11) is 0. The molecule has 0 amide bonds. The number of nitrogens with one attached hydrogen (secondary N) is 2. The van der Waals surface area contributed by atoms with Gasteiger partial charge in [-0.15, -0.1) is 0 Å². The molecule has 0 spiro atoms. The molecular weight excluding hydrogens is 659 g/mol. The van der Waals surface area contributed by atoms with Gasteiger partial charge in [-0.25, -0.2) is 0 Å². The highest BCUT2D eigenvalue weighted by Crippen LogP contribution is 2.45. The van der Waals surface area contributed by atoms with E-state index in [0.717, 1.165) is 73.7 Å². The second-order valence-electron chi connectivity index (χ2n) is 13.8. The maximum atomic E-state index is 6.79. The second-order valence-corrected chi connectivity index (χ2v) is 13.8. The van der Waals surface area contributed by atoms with Crippen LogP contribution in [0.4, 0.5) is 22.7 Å². The zero-order chi connectivity index (χ0) is 36.4. The fourth-order valence-corrected chi connectivity index (χ4v) is 7.79. The summed E-state index contributed by atoms with van der Waals surface area (Å²) >= 11 is 0. The van der Waals surface area contributed by atoms with Gasteiger partial charge in [0.25, 0.3) is 0 Å². The molecule has 0 fully saturated rings. The zero-order valence-corrected chi connectivity index (χ0v) is 30.2. The van der Waals surface area contributed by atoms with Crippen molar-refractivity contribution in [2.45, 2.75) is 25.7 Å². The first-order valence-corrected chi connectivity index (χ1v) is 18.6. The third-order valence-electron chi connectivity index (χ3n) is 10.4. The van der Waals surface area contributed by atoms with E-state index in [1.165, 1.54) is 16.9 Å². The van der Waals surface area contributed by atoms with E-state index in [0.29, 0.717) is 0 Å². The fraction of sp³-hybridized carbons (Fsp3) is 0.0816. The van der Waals surface area contributed by atoms with Gasteiger partial charge in [-0.05, 0) is 82.3 Å². The van der Waals surface area contributed by atoms with E-state index in [2.05, 4.69) is 186 Å². The highest BCUT2D eigenvalue weighted by molar-refractivity contribution is 6.13. The lowest BCUT2D eigenvalue weighted by Gasteiger charge is -2.28. The normalized spacial score (nSPS) is 16.1. The van der Waals surface area contributed by atoms with Gasteiger partial charge in [0.05, 0.1) is 22.8 Å². The monoisotopic (exact) mass is 699 g/mol. The van der Waals surface area contributed by atoms with Gasteiger partial charge >= 0.3 is 0 Å². The van der Waals surface area contributed by atoms with Crippen molar-refractivity contribution in [2.75, 3.05) is 16.0 Å². The topological polar surface area (TPSA) is 65.7 Å². The average molecular weight is 700 g/mol. The van der Waals surface area contributed by atoms with Crippen LogP contribution in [0.5, 0.6) is 0 Å². The largest absolute Gasteiger partial charge is 0.398 e. The molecule has 2 unspecified atom stereocenters. The Bertz CT molecular complexity index is 2520. The molecule has 0 radical (unpaired) electrons. The Labute approximate surface area is 317 Å². The molecule has 0 aliphatic carbocycles. The Morgan fingerprint density at radius 1 is 0.537 bits per heavy atom. The van der Waals surface area contributed by atoms with Crippen LogP contribution in [0.1, 0.15) is 36.2 Å². The smallest absolute Gasteiger partial charge is 0.146 e. The lowest BCUT2D eigenvalue weighted by atomic mass is 9.92. The first-order valence-electron chi connectivity index (χ1n) is 18.6. The first kappa shape index (κ1) is 33.0. The summed E-state index contributed by atoms with van der Waals surface area (Å²) in [5, 5.41) is 7.48. The molecule has 4 N–H and O–H groups in total. The van der Waals surface area contributed by atoms with Crippen molar-refractivity contribution in [3.8, 4) is 33.4 Å². The molecule has 5 heteroatoms. The Hall–Kier alpha value is -6.85. The molecule has 2 atom stereocenters. The van der Waals surface area contributed by atoms with E-state index in [1.807, 2.05) is 18.2 Å². The summed E-state index contributed by atoms with van der Waals surface area (Å²) in [5.41, 5.74) is 22.9. The summed E-state index contributed by atoms with van der Waals surface area (Å²) in [6, 6.07) is 61.8. The standard InChI is InChI=1S/C49H41N5/c1-2-48-51-43-25-12-14-27-47(43)54(48)46-26-13-11-23-39(46)35-20-15-21-36(30-35)41-31-37(28-29-42(41)50)38-22-9-10-24-40(38)49-52-44(33-16-5-3-6-17-33)32-45(53-49)34-18-7-4-8-19-34/h3-32,48-49,51-52H,2,50H2,1H3. The lowest BCUT2D eigenvalue weighted by Crippen LogP contribution is -2.31. The van der Waals surface area contributed by atoms with Crippen molar-refractivity contribution >= 4 is 34.2 Å². The third-order valence-corrected chi connectivity index (χ3v) is 10.4. The minimum absolute atomic E-state index is 0.171. The maximum absolute atomic E-state index is 6.79. The predicted octanol–water partition coefficient (Wildman–Crippen LogP) is 11.7. The van der Waals surface area contributed by atoms with Crippen LogP contribution in [-0.4, -0.2) is 11.9 Å². The van der Waals surface area contributed by atoms with E-state index in [4.69, 9.17) is 10.7 Å². The lowest BCUT2D eigenvalue weighted by molar-refractivity contribution is 0.665. The Morgan fingerprint density at radius 3 is 1.93 bits per heavy atom. The van der Waals surface area contributed by atoms with Crippen LogP contribution in [0.3, 0.4) is 0 Å². The summed E-state index contributed by atoms with van der Waals surface area (Å²) in [6.07, 6.45) is 2.99. The average Bonchev–Trinajstić information content (AvgIpc) is 3.63. The van der Waals surface area contributed by atoms with Crippen molar-refractivity contribution < 1.29 is 0 Å². The molecule has 9 rings (SSSR count). The highest BCUT2D eigenvalue weighted by Gasteiger charge is 2.30. The van der Waals surface area contributed by atoms with Crippen molar-refractivity contribution in [3.63, 3.8) is 0 Å². The number of nitrogen functional groups attached to an aromatic ring is 1. The van der Waals surface area contributed by atoms with Crippen LogP contribution >= 0.6 is 0 Å². The van der Waals surface area contributed by atoms with Gasteiger partial charge in [0, 0.05) is 28.1 Å². The van der Waals surface area contributed by atoms with E-state index in [1.54, 1.807) is 0 Å². The van der Waals surface area contributed by atoms with Crippen LogP contribution in [0.2, 0.25) is 0 Å². The van der Waals surface area contributed by atoms with Gasteiger partial charge in [0.2, 0.25) is 0 Å². The molecule has 0 bridgehead atoms. The van der Waals surface area contributed by atoms with Crippen molar-refractivity contribution in [3.05, 3.63) is 199 Å². The van der Waals surface area contributed by atoms with Crippen LogP contribution in [-0.2, 0) is 0 Å². The minimum Gasteiger partial charge on any atom is -0.398 e. The number of hydrogen-bond donors (Lipinski definition) is 3. The Kier molecular flexibility index (Phi) is 8.73. The van der Waals surface area contributed by atoms with Gasteiger partial charge in [0.15, 0.2) is 0 Å². The van der Waals surface area contributed by atoms with Gasteiger partial charge in [-0.1, -0.05) is 146 Å². The molecule has 0 saturated heterocycles. The number of fused-ring (bicyclic) bond motifs is 1. The third kappa shape index (κ3) is 6.20. The number of nitrogens with two attached hydrogens (primary N) is 1. The van der Waals surface area contributed by atoms with Crippen molar-refractivity contribution in [1.29, 1.82) is 0 Å². The molecular formula is C49H41N5. The van der Waals surface area contributed by atoms with Crippen LogP contribution in [0.15, 0.2) is 187 Å². The Balaban J connectivity index is 1.10. The number of hydrogen-bond acceptors (Lipinski definition) is 5. The van der Waals surface area contributed by atoms with E-state index in [9.17, 15) is 0 Å². The summed E-state index contributed by atoms with van der Waals surface area (Å²) in [6.45, 7) is 2.23. The number of nitrogens with zero attached hydrogens (tertiary/aromatic N) is 2. The summed E-state index contributed by atoms with van der Waals surface area (Å²) < 4.78 is 0. The highest BCUT2D eigenvalue weighted by atomic mass is 15.3. The summed E-state index contributed by atoms with van der Waals surface area (Å²) in [5.74, 6) is 0. The quantitative estimate of drug-likeness (QED) is 0.138. The molecule has 54 heavy (non-hydrogen) atoms. The van der Waals surface area contributed by atoms with Crippen molar-refractivity contribution in [1.82, 2.24) is 5.32 Å². The van der Waals surface area contributed by atoms with E-state index in [-0.39, 0.29) is 12.3 Å². The van der Waals surface area contributed by atoms with Gasteiger partial charge in [-0.3, -0.25) is 4.99 Å². The fourth-order valence-electron chi connectivity index (χ4n) is 7.79. The Morgan fingerprint density at radius 2 is 1.15 bits per heavy atom. The summed E-state index contributed by atoms with van der Waals surface area (Å²) in [4.78, 5) is 7.73. The molecule has 2 aliphatic rings. The molecule has 0 saturated carbocycles. The predicted molar refractivity (Wildman–Crippen MR) is 227 cm³/mol. The number of rotatable bonds is 8. The molecule has 7 aromatic carbocycles. The zero-order valence-electron chi connectivity index (χ0n) is 30.2. The number of benzene rings is 7. The van der Waals surface area contributed by atoms with Crippen LogP contribution in [0.25, 0.3) is 39.1 Å². The minimum atomic E-state index is -0.297. The number of allylic oxidation sites excluding steroid dienone is 1. The van der Waals surface area contributed by atoms with E-state index < -0.39 is 0 Å². The second kappa shape index (κ2) is 14.3. The molecule has 2 aliphatic heterocycles. The van der Waals surface area contributed by atoms with Crippen molar-refractivity contribution in [2.24, 2.45) is 4.99 Å². The SMILES string of the molecule is CCC1Nc2ccccc2N1c1ccccc1-c1cccc(-c2cc(-c3ccccc3C3N=C(c4ccccc4)C=C(c4ccccc4)N3)ccc2N)c1. The molecule has 2 heterocycles. The van der Waals surface area contributed by atoms with Gasteiger partial charge < -0.3 is 21.3 Å². The molecule has 262 valence electrons. The van der Waals surface area contributed by atoms with Gasteiger partial charge in [0.1, 0.15) is 12.3 Å². The molecule has 0 aromatic heterocycles. The van der Waals surface area contributed by atoms with E-state index >= 15 is 0 Å². The molecule has 7 aromatic rings. The van der Waals surface area contributed by atoms with Crippen LogP contribution in [0, 0.1) is 0 Å². The molecule has 5 nitrogen and oxygen atoms in total. The number of para-hydroxylation sites is 3. The first-order chi connectivity index (χ1) is 26.6. The number of aliphatic imine (C=N–C) groups is 1. The van der Waals surface area contributed by atoms with Gasteiger partial charge in [-0.2, -0.15) is 0 Å². The maximum Gasteiger partial charge on any atom is 0.146 e. The van der Waals surface area contributed by atoms with Crippen LogP contribution < -0.4 is 21.3 Å².